The van der Waals surface area contributed by atoms with Gasteiger partial charge in [0.1, 0.15) is 23.1 Å². The van der Waals surface area contributed by atoms with E-state index in [1.54, 1.807) is 7.11 Å². The normalized spacial score (nSPS) is 10.9. The molecule has 0 bridgehead atoms. The first kappa shape index (κ1) is 15.6. The van der Waals surface area contributed by atoms with Crippen molar-refractivity contribution in [3.63, 3.8) is 0 Å². The lowest BCUT2D eigenvalue weighted by Crippen LogP contribution is -2.07. The number of hydrogen-bond donors (Lipinski definition) is 1. The summed E-state index contributed by atoms with van der Waals surface area (Å²) in [6.45, 7) is 8.63. The quantitative estimate of drug-likeness (QED) is 0.822. The Kier molecular flexibility index (Phi) is 4.73. The fraction of sp³-hybridized carbons (Fsp3) is 0.312. The first-order valence-electron chi connectivity index (χ1n) is 6.80. The van der Waals surface area contributed by atoms with E-state index in [1.165, 1.54) is 0 Å². The Morgan fingerprint density at radius 1 is 1.48 bits per heavy atom. The molecule has 0 aliphatic carbocycles. The number of benzene rings is 1. The second-order valence-corrected chi connectivity index (χ2v) is 6.02. The summed E-state index contributed by atoms with van der Waals surface area (Å²) in [6.07, 6.45) is 1.83. The van der Waals surface area contributed by atoms with E-state index in [1.807, 2.05) is 28.8 Å². The molecule has 0 unspecified atom stereocenters. The Hall–Kier alpha value is -1.75. The van der Waals surface area contributed by atoms with Crippen LogP contribution in [0.15, 0.2) is 35.3 Å². The molecule has 0 aliphatic rings. The van der Waals surface area contributed by atoms with Crippen molar-refractivity contribution in [3.05, 3.63) is 41.2 Å². The van der Waals surface area contributed by atoms with Gasteiger partial charge in [0.2, 0.25) is 0 Å². The third-order valence-corrected chi connectivity index (χ3v) is 3.77. The maximum Gasteiger partial charge on any atom is 0.132 e. The molecule has 2 N–H and O–H groups in total. The summed E-state index contributed by atoms with van der Waals surface area (Å²) in [5.74, 6) is 2.61. The second kappa shape index (κ2) is 6.35. The molecule has 0 radical (unpaired) electrons. The summed E-state index contributed by atoms with van der Waals surface area (Å²) < 4.78 is 8.39. The minimum Gasteiger partial charge on any atom is -0.496 e. The molecule has 0 aliphatic heterocycles. The van der Waals surface area contributed by atoms with Crippen molar-refractivity contribution in [1.29, 1.82) is 0 Å². The fourth-order valence-corrected chi connectivity index (χ4v) is 2.67. The highest BCUT2D eigenvalue weighted by molar-refractivity contribution is 9.10. The monoisotopic (exact) mass is 349 g/mol. The van der Waals surface area contributed by atoms with Crippen LogP contribution in [-0.4, -0.2) is 16.7 Å². The minimum atomic E-state index is 0.277. The van der Waals surface area contributed by atoms with E-state index < -0.39 is 0 Å². The zero-order valence-corrected chi connectivity index (χ0v) is 14.1. The summed E-state index contributed by atoms with van der Waals surface area (Å²) in [7, 11) is 1.65. The Balaban J connectivity index is 2.67. The lowest BCUT2D eigenvalue weighted by atomic mass is 10.1. The van der Waals surface area contributed by atoms with E-state index in [4.69, 9.17) is 15.5 Å². The largest absolute Gasteiger partial charge is 0.496 e. The van der Waals surface area contributed by atoms with Crippen molar-refractivity contribution >= 4 is 21.7 Å². The van der Waals surface area contributed by atoms with Crippen molar-refractivity contribution in [2.24, 2.45) is 0 Å². The molecule has 0 atom stereocenters. The van der Waals surface area contributed by atoms with Crippen LogP contribution in [0.4, 0.5) is 5.82 Å². The van der Waals surface area contributed by atoms with Crippen LogP contribution in [-0.2, 0) is 6.54 Å². The van der Waals surface area contributed by atoms with E-state index in [-0.39, 0.29) is 5.92 Å². The predicted octanol–water partition coefficient (Wildman–Crippen LogP) is 4.21. The van der Waals surface area contributed by atoms with Gasteiger partial charge in [-0.3, -0.25) is 0 Å². The third kappa shape index (κ3) is 2.97. The molecule has 112 valence electrons. The van der Waals surface area contributed by atoms with E-state index in [2.05, 4.69) is 36.4 Å². The van der Waals surface area contributed by atoms with Crippen LogP contribution in [0, 0.1) is 0 Å². The highest BCUT2D eigenvalue weighted by Gasteiger charge is 2.20. The van der Waals surface area contributed by atoms with Gasteiger partial charge in [0.05, 0.1) is 7.11 Å². The number of hydrogen-bond acceptors (Lipinski definition) is 3. The maximum absolute atomic E-state index is 6.32. The van der Waals surface area contributed by atoms with Crippen molar-refractivity contribution in [3.8, 4) is 17.0 Å². The summed E-state index contributed by atoms with van der Waals surface area (Å²) in [6, 6.07) is 5.81. The minimum absolute atomic E-state index is 0.277. The van der Waals surface area contributed by atoms with Crippen LogP contribution in [0.25, 0.3) is 11.3 Å². The molecular formula is C16H20BrN3O. The predicted molar refractivity (Wildman–Crippen MR) is 90.6 cm³/mol. The van der Waals surface area contributed by atoms with Crippen LogP contribution in [0.2, 0.25) is 0 Å². The molecule has 5 heteroatoms. The van der Waals surface area contributed by atoms with E-state index in [9.17, 15) is 0 Å². The van der Waals surface area contributed by atoms with Crippen LogP contribution in [0.3, 0.4) is 0 Å². The van der Waals surface area contributed by atoms with Gasteiger partial charge in [-0.05, 0) is 18.2 Å². The molecule has 2 aromatic rings. The number of aromatic nitrogens is 2. The SMILES string of the molecule is C=CCn1c(C(C)C)nc(-c2cc(Br)ccc2OC)c1N. The lowest BCUT2D eigenvalue weighted by molar-refractivity contribution is 0.416. The Labute approximate surface area is 133 Å². The molecule has 1 aromatic carbocycles. The Morgan fingerprint density at radius 3 is 2.76 bits per heavy atom. The van der Waals surface area contributed by atoms with Gasteiger partial charge < -0.3 is 15.0 Å². The molecular weight excluding hydrogens is 330 g/mol. The molecule has 1 heterocycles. The van der Waals surface area contributed by atoms with Crippen LogP contribution >= 0.6 is 15.9 Å². The maximum atomic E-state index is 6.32. The average Bonchev–Trinajstić information content (AvgIpc) is 2.77. The standard InChI is InChI=1S/C16H20BrN3O/c1-5-8-20-15(18)14(19-16(20)10(2)3)12-9-11(17)6-7-13(12)21-4/h5-7,9-10H,1,8,18H2,2-4H3. The number of imidazole rings is 1. The van der Waals surface area contributed by atoms with Crippen molar-refractivity contribution < 1.29 is 4.74 Å². The third-order valence-electron chi connectivity index (χ3n) is 3.28. The number of ether oxygens (including phenoxy) is 1. The summed E-state index contributed by atoms with van der Waals surface area (Å²) in [5.41, 5.74) is 7.95. The number of rotatable bonds is 5. The van der Waals surface area contributed by atoms with Crippen LogP contribution in [0.1, 0.15) is 25.6 Å². The van der Waals surface area contributed by atoms with Gasteiger partial charge in [0, 0.05) is 22.5 Å². The summed E-state index contributed by atoms with van der Waals surface area (Å²) >= 11 is 3.49. The van der Waals surface area contributed by atoms with Gasteiger partial charge in [-0.1, -0.05) is 35.9 Å². The molecule has 0 saturated heterocycles. The topological polar surface area (TPSA) is 53.1 Å². The molecule has 0 spiro atoms. The number of nitrogen functional groups attached to an aromatic ring is 1. The van der Waals surface area contributed by atoms with Gasteiger partial charge in [0.15, 0.2) is 0 Å². The number of halogens is 1. The summed E-state index contributed by atoms with van der Waals surface area (Å²) in [4.78, 5) is 4.74. The van der Waals surface area contributed by atoms with Crippen LogP contribution in [0.5, 0.6) is 5.75 Å². The van der Waals surface area contributed by atoms with E-state index in [0.717, 1.165) is 27.3 Å². The number of anilines is 1. The first-order chi connectivity index (χ1) is 9.99. The van der Waals surface area contributed by atoms with Crippen molar-refractivity contribution in [1.82, 2.24) is 9.55 Å². The molecule has 0 fully saturated rings. The second-order valence-electron chi connectivity index (χ2n) is 5.10. The number of allylic oxidation sites excluding steroid dienone is 1. The van der Waals surface area contributed by atoms with Crippen molar-refractivity contribution in [2.75, 3.05) is 12.8 Å². The molecule has 2 rings (SSSR count). The van der Waals surface area contributed by atoms with Gasteiger partial charge in [-0.15, -0.1) is 6.58 Å². The number of nitrogens with zero attached hydrogens (tertiary/aromatic N) is 2. The average molecular weight is 350 g/mol. The Morgan fingerprint density at radius 2 is 2.19 bits per heavy atom. The highest BCUT2D eigenvalue weighted by atomic mass is 79.9. The van der Waals surface area contributed by atoms with Crippen LogP contribution < -0.4 is 10.5 Å². The molecule has 1 aromatic heterocycles. The summed E-state index contributed by atoms with van der Waals surface area (Å²) in [5, 5.41) is 0. The Bertz CT molecular complexity index is 662. The molecule has 0 amide bonds. The first-order valence-corrected chi connectivity index (χ1v) is 7.59. The van der Waals surface area contributed by atoms with Gasteiger partial charge in [-0.25, -0.2) is 4.98 Å². The molecule has 4 nitrogen and oxygen atoms in total. The van der Waals surface area contributed by atoms with Gasteiger partial charge >= 0.3 is 0 Å². The lowest BCUT2D eigenvalue weighted by Gasteiger charge is -2.09. The van der Waals surface area contributed by atoms with Gasteiger partial charge in [0.25, 0.3) is 0 Å². The zero-order chi connectivity index (χ0) is 15.6. The fourth-order valence-electron chi connectivity index (χ4n) is 2.31. The number of methoxy groups -OCH3 is 1. The van der Waals surface area contributed by atoms with Crippen molar-refractivity contribution in [2.45, 2.75) is 26.3 Å². The highest BCUT2D eigenvalue weighted by Crippen LogP contribution is 2.36. The smallest absolute Gasteiger partial charge is 0.132 e. The van der Waals surface area contributed by atoms with E-state index in [0.29, 0.717) is 12.4 Å². The number of nitrogens with two attached hydrogens (primary N) is 1. The van der Waals surface area contributed by atoms with Gasteiger partial charge in [-0.2, -0.15) is 0 Å². The molecule has 0 saturated carbocycles. The zero-order valence-electron chi connectivity index (χ0n) is 12.6. The van der Waals surface area contributed by atoms with E-state index >= 15 is 0 Å². The molecule has 21 heavy (non-hydrogen) atoms.